The number of carbonyl (C=O) groups is 1. The van der Waals surface area contributed by atoms with E-state index >= 15 is 0 Å². The first-order valence-electron chi connectivity index (χ1n) is 18.3. The van der Waals surface area contributed by atoms with E-state index in [1.807, 2.05) is 41.7 Å². The molecule has 0 bridgehead atoms. The third kappa shape index (κ3) is 9.70. The highest BCUT2D eigenvalue weighted by molar-refractivity contribution is 8.17. The maximum atomic E-state index is 13.9. The van der Waals surface area contributed by atoms with Gasteiger partial charge in [0, 0.05) is 29.8 Å². The van der Waals surface area contributed by atoms with E-state index in [-0.39, 0.29) is 45.9 Å². The van der Waals surface area contributed by atoms with E-state index in [0.717, 1.165) is 29.9 Å². The Morgan fingerprint density at radius 2 is 1.43 bits per heavy atom. The molecule has 14 nitrogen and oxygen atoms in total. The van der Waals surface area contributed by atoms with Crippen LogP contribution in [0.2, 0.25) is 0 Å². The van der Waals surface area contributed by atoms with E-state index in [4.69, 9.17) is 37.7 Å². The lowest BCUT2D eigenvalue weighted by Gasteiger charge is -2.31. The van der Waals surface area contributed by atoms with E-state index in [0.29, 0.717) is 71.8 Å². The average molecular weight is 812 g/mol. The minimum absolute atomic E-state index is 0.000428. The van der Waals surface area contributed by atoms with Gasteiger partial charge in [0.05, 0.1) is 70.4 Å². The van der Waals surface area contributed by atoms with Crippen LogP contribution in [0.3, 0.4) is 0 Å². The number of unbranched alkanes of at least 4 members (excludes halogenated alkanes) is 1. The van der Waals surface area contributed by atoms with Crippen molar-refractivity contribution in [3.05, 3.63) is 64.2 Å². The number of carbonyl (C=O) groups excluding carboxylic acids is 1. The predicted molar refractivity (Wildman–Crippen MR) is 218 cm³/mol. The summed E-state index contributed by atoms with van der Waals surface area (Å²) < 4.78 is 45.5. The summed E-state index contributed by atoms with van der Waals surface area (Å²) in [4.78, 5) is 27.4. The molecule has 5 rings (SSSR count). The van der Waals surface area contributed by atoms with Crippen molar-refractivity contribution in [2.75, 3.05) is 66.8 Å². The Labute approximate surface area is 335 Å². The molecule has 0 unspecified atom stereocenters. The fourth-order valence-corrected chi connectivity index (χ4v) is 9.38. The zero-order valence-electron chi connectivity index (χ0n) is 32.8. The van der Waals surface area contributed by atoms with E-state index in [9.17, 15) is 14.9 Å². The van der Waals surface area contributed by atoms with Gasteiger partial charge in [0.2, 0.25) is 5.75 Å². The monoisotopic (exact) mass is 811 g/mol. The van der Waals surface area contributed by atoms with E-state index in [2.05, 4.69) is 19.0 Å². The zero-order valence-corrected chi connectivity index (χ0v) is 34.4. The van der Waals surface area contributed by atoms with Crippen molar-refractivity contribution in [2.45, 2.75) is 50.2 Å². The second kappa shape index (κ2) is 20.3. The Hall–Kier alpha value is -4.96. The summed E-state index contributed by atoms with van der Waals surface area (Å²) in [6.07, 6.45) is 2.90. The molecule has 302 valence electrons. The van der Waals surface area contributed by atoms with Crippen LogP contribution < -0.4 is 33.2 Å². The van der Waals surface area contributed by atoms with Crippen molar-refractivity contribution in [1.82, 2.24) is 10.1 Å². The Morgan fingerprint density at radius 3 is 2.00 bits per heavy atom. The molecule has 16 heteroatoms. The van der Waals surface area contributed by atoms with Crippen LogP contribution in [0.15, 0.2) is 53.1 Å². The molecule has 0 aliphatic carbocycles. The molecular formula is C40H49N3O11S2. The fourth-order valence-electron chi connectivity index (χ4n) is 6.51. The van der Waals surface area contributed by atoms with Gasteiger partial charge in [-0.25, -0.2) is 0 Å². The second-order valence-electron chi connectivity index (χ2n) is 12.5. The van der Waals surface area contributed by atoms with Gasteiger partial charge in [-0.2, -0.15) is 0 Å². The number of amides is 1. The molecule has 1 aromatic heterocycles. The van der Waals surface area contributed by atoms with Crippen LogP contribution in [0.5, 0.6) is 40.2 Å². The SMILES string of the molecule is CCSC(SCC)[C@@H]1CCCN1C(=O)c1cc(OC)c(OCCCCOc2cc(-c3cc(-c4cc(OC)c(OC)c(OC)c4)on3)ccc2OC)cc1[N+](=O)[O-]. The van der Waals surface area contributed by atoms with Crippen LogP contribution in [0.1, 0.15) is 49.9 Å². The molecule has 4 aromatic rings. The first-order chi connectivity index (χ1) is 27.2. The third-order valence-electron chi connectivity index (χ3n) is 9.22. The van der Waals surface area contributed by atoms with Crippen LogP contribution in [-0.4, -0.2) is 98.3 Å². The summed E-state index contributed by atoms with van der Waals surface area (Å²) in [5.41, 5.74) is 1.72. The zero-order chi connectivity index (χ0) is 40.2. The minimum atomic E-state index is -0.535. The molecule has 2 heterocycles. The number of methoxy groups -OCH3 is 5. The number of ether oxygens (including phenoxy) is 7. The van der Waals surface area contributed by atoms with Crippen molar-refractivity contribution in [3.63, 3.8) is 0 Å². The maximum absolute atomic E-state index is 13.9. The lowest BCUT2D eigenvalue weighted by atomic mass is 10.1. The lowest BCUT2D eigenvalue weighted by molar-refractivity contribution is -0.385. The first-order valence-corrected chi connectivity index (χ1v) is 20.4. The number of hydrogen-bond acceptors (Lipinski definition) is 14. The van der Waals surface area contributed by atoms with Gasteiger partial charge in [0.1, 0.15) is 11.3 Å². The molecular weight excluding hydrogens is 763 g/mol. The number of benzene rings is 3. The Balaban J connectivity index is 1.21. The summed E-state index contributed by atoms with van der Waals surface area (Å²) in [7, 11) is 7.66. The highest BCUT2D eigenvalue weighted by Gasteiger charge is 2.38. The number of thioether (sulfide) groups is 2. The first kappa shape index (κ1) is 42.2. The Bertz CT molecular complexity index is 1930. The number of nitro benzene ring substituents is 1. The normalized spacial score (nSPS) is 13.8. The van der Waals surface area contributed by atoms with Crippen molar-refractivity contribution in [2.24, 2.45) is 0 Å². The van der Waals surface area contributed by atoms with Crippen LogP contribution in [-0.2, 0) is 0 Å². The van der Waals surface area contributed by atoms with Gasteiger partial charge < -0.3 is 42.6 Å². The number of rotatable bonds is 21. The predicted octanol–water partition coefficient (Wildman–Crippen LogP) is 8.63. The largest absolute Gasteiger partial charge is 0.493 e. The molecule has 0 spiro atoms. The highest BCUT2D eigenvalue weighted by atomic mass is 32.2. The van der Waals surface area contributed by atoms with Gasteiger partial charge in [-0.05, 0) is 67.5 Å². The molecule has 1 amide bonds. The average Bonchev–Trinajstić information content (AvgIpc) is 3.92. The smallest absolute Gasteiger partial charge is 0.286 e. The van der Waals surface area contributed by atoms with Crippen LogP contribution in [0.25, 0.3) is 22.6 Å². The molecule has 1 aliphatic heterocycles. The molecule has 1 fully saturated rings. The molecule has 1 saturated heterocycles. The van der Waals surface area contributed by atoms with Crippen molar-refractivity contribution in [3.8, 4) is 62.8 Å². The van der Waals surface area contributed by atoms with Gasteiger partial charge in [0.25, 0.3) is 11.6 Å². The minimum Gasteiger partial charge on any atom is -0.493 e. The Morgan fingerprint density at radius 1 is 0.821 bits per heavy atom. The standard InChI is InChI=1S/C40H49N3O11S2/c1-8-55-40(56-9-2)29-13-12-16-42(29)39(44)27-22-33(48-4)35(24-30(27)43(45)46)53-18-11-10-17-52-34-19-25(14-15-31(34)47-3)28-23-32(54-41-28)26-20-36(49-5)38(51-7)37(21-26)50-6/h14-15,19-24,29,40H,8-13,16-18H2,1-7H3/t29-/m0/s1. The number of aromatic nitrogens is 1. The van der Waals surface area contributed by atoms with Crippen molar-refractivity contribution in [1.29, 1.82) is 0 Å². The van der Waals surface area contributed by atoms with Crippen LogP contribution >= 0.6 is 23.5 Å². The molecule has 0 saturated carbocycles. The lowest BCUT2D eigenvalue weighted by Crippen LogP contribution is -2.41. The number of nitrogens with zero attached hydrogens (tertiary/aromatic N) is 3. The van der Waals surface area contributed by atoms with Crippen LogP contribution in [0, 0.1) is 10.1 Å². The van der Waals surface area contributed by atoms with E-state index in [1.165, 1.54) is 19.2 Å². The fraction of sp³-hybridized carbons (Fsp3) is 0.450. The third-order valence-corrected chi connectivity index (χ3v) is 12.0. The maximum Gasteiger partial charge on any atom is 0.286 e. The summed E-state index contributed by atoms with van der Waals surface area (Å²) in [6.45, 7) is 5.34. The summed E-state index contributed by atoms with van der Waals surface area (Å²) in [6, 6.07) is 13.6. The molecule has 0 radical (unpaired) electrons. The van der Waals surface area contributed by atoms with E-state index < -0.39 is 4.92 Å². The van der Waals surface area contributed by atoms with Crippen molar-refractivity contribution >= 4 is 35.1 Å². The Kier molecular flexibility index (Phi) is 15.3. The van der Waals surface area contributed by atoms with Gasteiger partial charge in [0.15, 0.2) is 40.3 Å². The summed E-state index contributed by atoms with van der Waals surface area (Å²) in [5.74, 6) is 4.97. The summed E-state index contributed by atoms with van der Waals surface area (Å²) in [5, 5.41) is 16.5. The number of hydrogen-bond donors (Lipinski definition) is 0. The topological polar surface area (TPSA) is 154 Å². The van der Waals surface area contributed by atoms with Crippen LogP contribution in [0.4, 0.5) is 5.69 Å². The quantitative estimate of drug-likeness (QED) is 0.0341. The highest BCUT2D eigenvalue weighted by Crippen LogP contribution is 2.43. The number of likely N-dealkylation sites (tertiary alicyclic amines) is 1. The molecule has 3 aromatic carbocycles. The molecule has 1 aliphatic rings. The molecule has 1 atom stereocenters. The summed E-state index contributed by atoms with van der Waals surface area (Å²) >= 11 is 3.62. The van der Waals surface area contributed by atoms with Gasteiger partial charge in [-0.1, -0.05) is 19.0 Å². The second-order valence-corrected chi connectivity index (χ2v) is 15.7. The van der Waals surface area contributed by atoms with Crippen molar-refractivity contribution < 1.29 is 47.4 Å². The number of nitro groups is 1. The van der Waals surface area contributed by atoms with Gasteiger partial charge >= 0.3 is 0 Å². The molecule has 0 N–H and O–H groups in total. The molecule has 56 heavy (non-hydrogen) atoms. The van der Waals surface area contributed by atoms with E-state index in [1.54, 1.807) is 51.5 Å². The van der Waals surface area contributed by atoms with Gasteiger partial charge in [-0.3, -0.25) is 14.9 Å². The van der Waals surface area contributed by atoms with Gasteiger partial charge in [-0.15, -0.1) is 23.5 Å².